The fourth-order valence-electron chi connectivity index (χ4n) is 1.81. The van der Waals surface area contributed by atoms with Crippen LogP contribution >= 0.6 is 0 Å². The molecule has 2 heterocycles. The molecule has 3 heteroatoms. The molecule has 0 spiro atoms. The van der Waals surface area contributed by atoms with Crippen LogP contribution in [0.3, 0.4) is 0 Å². The third-order valence-electron chi connectivity index (χ3n) is 2.68. The zero-order chi connectivity index (χ0) is 12.4. The molecule has 16 heavy (non-hydrogen) atoms. The van der Waals surface area contributed by atoms with Crippen molar-refractivity contribution >= 4 is 0 Å². The molecule has 0 aromatic carbocycles. The number of aromatic amines is 1. The minimum absolute atomic E-state index is 0.712. The number of likely N-dealkylation sites (tertiary alicyclic amines) is 1. The largest absolute Gasteiger partial charge is 0.348 e. The Morgan fingerprint density at radius 1 is 1.19 bits per heavy atom. The minimum Gasteiger partial charge on any atom is -0.348 e. The molecule has 0 unspecified atom stereocenters. The summed E-state index contributed by atoms with van der Waals surface area (Å²) in [7, 11) is 2.18. The maximum Gasteiger partial charge on any atom is 0.0921 e. The number of hydrogen-bond acceptors (Lipinski definition) is 2. The van der Waals surface area contributed by atoms with Crippen LogP contribution in [0.5, 0.6) is 0 Å². The quantitative estimate of drug-likeness (QED) is 0.795. The monoisotopic (exact) mass is 225 g/mol. The highest BCUT2D eigenvalue weighted by atomic mass is 15.1. The first-order chi connectivity index (χ1) is 7.86. The third-order valence-corrected chi connectivity index (χ3v) is 2.68. The second-order valence-corrected chi connectivity index (χ2v) is 3.58. The second kappa shape index (κ2) is 9.40. The van der Waals surface area contributed by atoms with Gasteiger partial charge in [-0.25, -0.2) is 4.98 Å². The van der Waals surface area contributed by atoms with Crippen molar-refractivity contribution in [1.29, 1.82) is 0 Å². The van der Waals surface area contributed by atoms with Gasteiger partial charge in [-0.05, 0) is 33.0 Å². The van der Waals surface area contributed by atoms with E-state index in [2.05, 4.69) is 21.9 Å². The van der Waals surface area contributed by atoms with Gasteiger partial charge in [-0.3, -0.25) is 0 Å². The average Bonchev–Trinajstić information content (AvgIpc) is 2.89. The molecule has 0 aliphatic carbocycles. The predicted molar refractivity (Wildman–Crippen MR) is 70.8 cm³/mol. The van der Waals surface area contributed by atoms with Gasteiger partial charge in [0.25, 0.3) is 0 Å². The fraction of sp³-hybridized carbons (Fsp3) is 0.769. The number of aromatic nitrogens is 2. The molecule has 1 aliphatic heterocycles. The molecule has 1 fully saturated rings. The topological polar surface area (TPSA) is 31.9 Å². The molecule has 0 amide bonds. The van der Waals surface area contributed by atoms with E-state index >= 15 is 0 Å². The lowest BCUT2D eigenvalue weighted by Gasteiger charge is -2.27. The van der Waals surface area contributed by atoms with Gasteiger partial charge in [-0.15, -0.1) is 0 Å². The van der Waals surface area contributed by atoms with Gasteiger partial charge in [-0.2, -0.15) is 0 Å². The molecule has 1 aromatic heterocycles. The molecule has 3 nitrogen and oxygen atoms in total. The Labute approximate surface area is 100 Å². The van der Waals surface area contributed by atoms with E-state index in [1.807, 2.05) is 33.9 Å². The maximum atomic E-state index is 4.05. The molecule has 1 aromatic rings. The molecule has 94 valence electrons. The summed E-state index contributed by atoms with van der Waals surface area (Å²) < 4.78 is 0. The molecule has 2 rings (SSSR count). The molecule has 1 saturated heterocycles. The maximum absolute atomic E-state index is 4.05. The first-order valence-electron chi connectivity index (χ1n) is 6.53. The summed E-state index contributed by atoms with van der Waals surface area (Å²) in [6.45, 7) is 10.4. The summed E-state index contributed by atoms with van der Waals surface area (Å²) in [5.41, 5.74) is 1.31. The summed E-state index contributed by atoms with van der Waals surface area (Å²) in [6.07, 6.45) is 6.25. The lowest BCUT2D eigenvalue weighted by molar-refractivity contribution is 0.253. The van der Waals surface area contributed by atoms with E-state index in [1.54, 1.807) is 6.33 Å². The molecule has 1 aliphatic rings. The van der Waals surface area contributed by atoms with Crippen LogP contribution in [0, 0.1) is 0 Å². The van der Waals surface area contributed by atoms with E-state index < -0.39 is 0 Å². The van der Waals surface area contributed by atoms with Gasteiger partial charge in [-0.1, -0.05) is 27.7 Å². The standard InChI is InChI=1S/C9H15N3.2C2H6/c1-12-4-2-8(3-5-12)9-6-10-7-11-9;2*1-2/h6-8H,2-5H2,1H3,(H,10,11);2*1-2H3. The van der Waals surface area contributed by atoms with Gasteiger partial charge < -0.3 is 9.88 Å². The lowest BCUT2D eigenvalue weighted by Crippen LogP contribution is -2.29. The number of hydrogen-bond donors (Lipinski definition) is 1. The fourth-order valence-corrected chi connectivity index (χ4v) is 1.81. The van der Waals surface area contributed by atoms with Crippen molar-refractivity contribution in [2.75, 3.05) is 20.1 Å². The Hall–Kier alpha value is -0.830. The van der Waals surface area contributed by atoms with Crippen LogP contribution in [0.25, 0.3) is 0 Å². The van der Waals surface area contributed by atoms with E-state index in [9.17, 15) is 0 Å². The van der Waals surface area contributed by atoms with Crippen molar-refractivity contribution in [3.8, 4) is 0 Å². The van der Waals surface area contributed by atoms with Crippen molar-refractivity contribution in [3.63, 3.8) is 0 Å². The van der Waals surface area contributed by atoms with Crippen molar-refractivity contribution in [2.24, 2.45) is 0 Å². The Morgan fingerprint density at radius 3 is 2.19 bits per heavy atom. The zero-order valence-corrected chi connectivity index (χ0v) is 11.5. The van der Waals surface area contributed by atoms with Crippen molar-refractivity contribution < 1.29 is 0 Å². The van der Waals surface area contributed by atoms with Crippen molar-refractivity contribution in [2.45, 2.75) is 46.5 Å². The van der Waals surface area contributed by atoms with E-state index in [1.165, 1.54) is 31.6 Å². The van der Waals surface area contributed by atoms with E-state index in [-0.39, 0.29) is 0 Å². The van der Waals surface area contributed by atoms with Gasteiger partial charge >= 0.3 is 0 Å². The molecule has 0 radical (unpaired) electrons. The summed E-state index contributed by atoms with van der Waals surface area (Å²) >= 11 is 0. The van der Waals surface area contributed by atoms with Gasteiger partial charge in [0.1, 0.15) is 0 Å². The molecule has 0 saturated carbocycles. The Bertz CT molecular complexity index is 223. The molecular weight excluding hydrogens is 198 g/mol. The van der Waals surface area contributed by atoms with Crippen LogP contribution < -0.4 is 0 Å². The molecular formula is C13H27N3. The van der Waals surface area contributed by atoms with Crippen LogP contribution in [0.1, 0.15) is 52.1 Å². The van der Waals surface area contributed by atoms with Crippen molar-refractivity contribution in [3.05, 3.63) is 18.2 Å². The Morgan fingerprint density at radius 2 is 1.75 bits per heavy atom. The second-order valence-electron chi connectivity index (χ2n) is 3.58. The van der Waals surface area contributed by atoms with Crippen LogP contribution in [-0.4, -0.2) is 35.0 Å². The first-order valence-corrected chi connectivity index (χ1v) is 6.53. The number of nitrogens with one attached hydrogen (secondary N) is 1. The van der Waals surface area contributed by atoms with Gasteiger partial charge in [0.15, 0.2) is 0 Å². The van der Waals surface area contributed by atoms with E-state index in [0.29, 0.717) is 5.92 Å². The summed E-state index contributed by atoms with van der Waals surface area (Å²) in [5.74, 6) is 0.712. The normalized spacial score (nSPS) is 16.8. The van der Waals surface area contributed by atoms with Crippen molar-refractivity contribution in [1.82, 2.24) is 14.9 Å². The summed E-state index contributed by atoms with van der Waals surface area (Å²) in [6, 6.07) is 0. The minimum atomic E-state index is 0.712. The highest BCUT2D eigenvalue weighted by Gasteiger charge is 2.18. The SMILES string of the molecule is CC.CC.CN1CCC(c2cnc[nH]2)CC1. The van der Waals surface area contributed by atoms with Crippen LogP contribution in [0.4, 0.5) is 0 Å². The average molecular weight is 225 g/mol. The Balaban J connectivity index is 0.000000509. The third kappa shape index (κ3) is 4.79. The highest BCUT2D eigenvalue weighted by molar-refractivity contribution is 5.04. The number of rotatable bonds is 1. The Kier molecular flexibility index (Phi) is 8.91. The predicted octanol–water partition coefficient (Wildman–Crippen LogP) is 3.27. The summed E-state index contributed by atoms with van der Waals surface area (Å²) in [4.78, 5) is 9.62. The highest BCUT2D eigenvalue weighted by Crippen LogP contribution is 2.24. The lowest BCUT2D eigenvalue weighted by atomic mass is 9.94. The van der Waals surface area contributed by atoms with E-state index in [0.717, 1.165) is 0 Å². The zero-order valence-electron chi connectivity index (χ0n) is 11.5. The number of H-pyrrole nitrogens is 1. The van der Waals surface area contributed by atoms with Crippen LogP contribution in [-0.2, 0) is 0 Å². The number of imidazole rings is 1. The smallest absolute Gasteiger partial charge is 0.0921 e. The molecule has 1 N–H and O–H groups in total. The molecule has 0 atom stereocenters. The summed E-state index contributed by atoms with van der Waals surface area (Å²) in [5, 5.41) is 0. The van der Waals surface area contributed by atoms with Gasteiger partial charge in [0.05, 0.1) is 6.33 Å². The van der Waals surface area contributed by atoms with E-state index in [4.69, 9.17) is 0 Å². The molecule has 0 bridgehead atoms. The van der Waals surface area contributed by atoms with Gasteiger partial charge in [0.2, 0.25) is 0 Å². The number of nitrogens with zero attached hydrogens (tertiary/aromatic N) is 2. The van der Waals surface area contributed by atoms with Gasteiger partial charge in [0, 0.05) is 17.8 Å². The van der Waals surface area contributed by atoms with Crippen LogP contribution in [0.2, 0.25) is 0 Å². The van der Waals surface area contributed by atoms with Crippen LogP contribution in [0.15, 0.2) is 12.5 Å². The first kappa shape index (κ1) is 15.2. The number of piperidine rings is 1.